The second-order valence-electron chi connectivity index (χ2n) is 20.3. The van der Waals surface area contributed by atoms with Crippen molar-refractivity contribution in [3.63, 3.8) is 0 Å². The molecular formula is C58H57BN2O. The Hall–Kier alpha value is -6.26. The highest BCUT2D eigenvalue weighted by atomic mass is 16.3. The van der Waals surface area contributed by atoms with Gasteiger partial charge in [0.15, 0.2) is 0 Å². The molecule has 0 atom stereocenters. The van der Waals surface area contributed by atoms with Gasteiger partial charge in [-0.2, -0.15) is 0 Å². The standard InChI is InChI=1S/C58H57BN2O/c1-34-26-36(3)52(37(4)27-34)40-14-13-15-46(30-40)60-50-31-41(53-38(5)28-35(2)29-39(53)6)16-22-48(50)59-55-51(60)32-42-24-25-62-56(42)54(55)47-33-44(58(10,11)12)19-23-49(47)61(59)45-20-17-43(18-21-45)57(7,8)9/h13-33H,1-12H3. The lowest BCUT2D eigenvalue weighted by Gasteiger charge is -2.46. The predicted octanol–water partition coefficient (Wildman–Crippen LogP) is 14.9. The molecule has 0 unspecified atom stereocenters. The summed E-state index contributed by atoms with van der Waals surface area (Å²) >= 11 is 0. The molecule has 2 aliphatic rings. The normalized spacial score (nSPS) is 13.4. The largest absolute Gasteiger partial charge is 0.464 e. The molecule has 2 aliphatic heterocycles. The summed E-state index contributed by atoms with van der Waals surface area (Å²) in [7, 11) is 0. The van der Waals surface area contributed by atoms with Crippen molar-refractivity contribution in [3.8, 4) is 33.4 Å². The maximum absolute atomic E-state index is 6.58. The molecule has 0 N–H and O–H groups in total. The zero-order valence-corrected chi connectivity index (χ0v) is 38.5. The third-order valence-electron chi connectivity index (χ3n) is 13.5. The minimum Gasteiger partial charge on any atom is -0.464 e. The summed E-state index contributed by atoms with van der Waals surface area (Å²) in [5, 5.41) is 1.10. The first kappa shape index (κ1) is 39.9. The molecule has 4 heteroatoms. The minimum atomic E-state index is -0.131. The first-order valence-electron chi connectivity index (χ1n) is 22.3. The Labute approximate surface area is 369 Å². The number of fused-ring (bicyclic) bond motifs is 6. The van der Waals surface area contributed by atoms with Crippen molar-refractivity contribution in [3.05, 3.63) is 172 Å². The molecule has 3 heterocycles. The fourth-order valence-corrected chi connectivity index (χ4v) is 10.8. The van der Waals surface area contributed by atoms with Crippen LogP contribution in [0.4, 0.5) is 28.4 Å². The lowest BCUT2D eigenvalue weighted by Crippen LogP contribution is -2.61. The van der Waals surface area contributed by atoms with Crippen LogP contribution in [-0.2, 0) is 10.8 Å². The van der Waals surface area contributed by atoms with Crippen molar-refractivity contribution < 1.29 is 4.42 Å². The lowest BCUT2D eigenvalue weighted by molar-refractivity contribution is 0.590. The molecule has 7 aromatic carbocycles. The Kier molecular flexibility index (Phi) is 9.09. The van der Waals surface area contributed by atoms with Crippen molar-refractivity contribution in [1.82, 2.24) is 0 Å². The van der Waals surface area contributed by atoms with E-state index in [0.29, 0.717) is 0 Å². The second kappa shape index (κ2) is 14.1. The number of rotatable bonds is 4. The monoisotopic (exact) mass is 808 g/mol. The highest BCUT2D eigenvalue weighted by Gasteiger charge is 2.46. The summed E-state index contributed by atoms with van der Waals surface area (Å²) in [5.74, 6) is 0. The summed E-state index contributed by atoms with van der Waals surface area (Å²) in [4.78, 5) is 5.17. The minimum absolute atomic E-state index is 0.0371. The van der Waals surface area contributed by atoms with Gasteiger partial charge in [-0.3, -0.25) is 0 Å². The molecule has 62 heavy (non-hydrogen) atoms. The van der Waals surface area contributed by atoms with Crippen LogP contribution in [0, 0.1) is 41.5 Å². The zero-order valence-electron chi connectivity index (χ0n) is 38.5. The van der Waals surface area contributed by atoms with Gasteiger partial charge < -0.3 is 14.1 Å². The molecule has 1 aromatic heterocycles. The topological polar surface area (TPSA) is 19.6 Å². The summed E-state index contributed by atoms with van der Waals surface area (Å²) < 4.78 is 6.58. The number of hydrogen-bond donors (Lipinski definition) is 0. The number of aryl methyl sites for hydroxylation is 6. The van der Waals surface area contributed by atoms with Gasteiger partial charge in [-0.25, -0.2) is 0 Å². The van der Waals surface area contributed by atoms with Gasteiger partial charge in [0.05, 0.1) is 6.26 Å². The van der Waals surface area contributed by atoms with Gasteiger partial charge in [0.2, 0.25) is 0 Å². The summed E-state index contributed by atoms with van der Waals surface area (Å²) in [6.45, 7) is 27.1. The van der Waals surface area contributed by atoms with E-state index in [1.54, 1.807) is 0 Å². The number of hydrogen-bond acceptors (Lipinski definition) is 3. The third-order valence-corrected chi connectivity index (χ3v) is 13.5. The van der Waals surface area contributed by atoms with Crippen LogP contribution in [0.2, 0.25) is 0 Å². The Bertz CT molecular complexity index is 3070. The zero-order chi connectivity index (χ0) is 43.6. The molecule has 0 bridgehead atoms. The number of nitrogens with zero attached hydrogens (tertiary/aromatic N) is 2. The molecule has 0 spiro atoms. The fourth-order valence-electron chi connectivity index (χ4n) is 10.8. The van der Waals surface area contributed by atoms with Crippen molar-refractivity contribution in [2.24, 2.45) is 0 Å². The van der Waals surface area contributed by atoms with Gasteiger partial charge in [-0.1, -0.05) is 119 Å². The van der Waals surface area contributed by atoms with Crippen LogP contribution in [-0.4, -0.2) is 6.85 Å². The van der Waals surface area contributed by atoms with Gasteiger partial charge >= 0.3 is 6.85 Å². The van der Waals surface area contributed by atoms with Gasteiger partial charge in [-0.15, -0.1) is 0 Å². The van der Waals surface area contributed by atoms with E-state index >= 15 is 0 Å². The first-order valence-corrected chi connectivity index (χ1v) is 22.3. The molecule has 0 radical (unpaired) electrons. The third kappa shape index (κ3) is 6.33. The molecule has 308 valence electrons. The number of furan rings is 1. The SMILES string of the molecule is Cc1cc(C)c(-c2cccc(N3c4cc(-c5c(C)cc(C)cc5C)ccc4B4c5c3cc3ccoc3c5-c3cc(C(C)(C)C)ccc3N4c3ccc(C(C)(C)C)cc3)c2)c(C)c1. The van der Waals surface area contributed by atoms with Crippen molar-refractivity contribution >= 4 is 57.2 Å². The van der Waals surface area contributed by atoms with E-state index in [4.69, 9.17) is 4.42 Å². The van der Waals surface area contributed by atoms with E-state index in [1.165, 1.54) is 112 Å². The van der Waals surface area contributed by atoms with Gasteiger partial charge in [-0.05, 0) is 174 Å². The van der Waals surface area contributed by atoms with Crippen molar-refractivity contribution in [2.75, 3.05) is 9.71 Å². The maximum Gasteiger partial charge on any atom is 0.333 e. The van der Waals surface area contributed by atoms with E-state index in [1.807, 2.05) is 6.26 Å². The molecule has 10 rings (SSSR count). The summed E-state index contributed by atoms with van der Waals surface area (Å²) in [6, 6.07) is 46.7. The van der Waals surface area contributed by atoms with Gasteiger partial charge in [0, 0.05) is 45.0 Å². The molecule has 0 amide bonds. The summed E-state index contributed by atoms with van der Waals surface area (Å²) in [6.07, 6.45) is 1.87. The predicted molar refractivity (Wildman–Crippen MR) is 267 cm³/mol. The van der Waals surface area contributed by atoms with Gasteiger partial charge in [0.1, 0.15) is 5.58 Å². The average molecular weight is 809 g/mol. The highest BCUT2D eigenvalue weighted by Crippen LogP contribution is 2.51. The fraction of sp³-hybridized carbons (Fsp3) is 0.241. The Morgan fingerprint density at radius 3 is 1.69 bits per heavy atom. The Morgan fingerprint density at radius 1 is 0.484 bits per heavy atom. The van der Waals surface area contributed by atoms with Crippen LogP contribution in [0.25, 0.3) is 44.3 Å². The van der Waals surface area contributed by atoms with E-state index in [9.17, 15) is 0 Å². The van der Waals surface area contributed by atoms with E-state index in [-0.39, 0.29) is 17.7 Å². The van der Waals surface area contributed by atoms with Crippen LogP contribution in [0.15, 0.2) is 132 Å². The summed E-state index contributed by atoms with van der Waals surface area (Å²) in [5.41, 5.74) is 27.1. The van der Waals surface area contributed by atoms with Crippen LogP contribution in [0.5, 0.6) is 0 Å². The molecule has 3 nitrogen and oxygen atoms in total. The lowest BCUT2D eigenvalue weighted by atomic mass is 9.43. The van der Waals surface area contributed by atoms with Crippen LogP contribution < -0.4 is 20.6 Å². The van der Waals surface area contributed by atoms with E-state index < -0.39 is 0 Å². The van der Waals surface area contributed by atoms with Gasteiger partial charge in [0.25, 0.3) is 0 Å². The Morgan fingerprint density at radius 2 is 1.08 bits per heavy atom. The molecule has 0 fully saturated rings. The van der Waals surface area contributed by atoms with E-state index in [2.05, 4.69) is 214 Å². The smallest absolute Gasteiger partial charge is 0.333 e. The first-order chi connectivity index (χ1) is 29.5. The van der Waals surface area contributed by atoms with Crippen LogP contribution >= 0.6 is 0 Å². The average Bonchev–Trinajstić information content (AvgIpc) is 3.68. The van der Waals surface area contributed by atoms with Crippen LogP contribution in [0.1, 0.15) is 86.1 Å². The molecular weight excluding hydrogens is 751 g/mol. The maximum atomic E-state index is 6.58. The number of benzene rings is 7. The highest BCUT2D eigenvalue weighted by molar-refractivity contribution is 6.94. The molecule has 0 saturated carbocycles. The van der Waals surface area contributed by atoms with Crippen molar-refractivity contribution in [1.29, 1.82) is 0 Å². The van der Waals surface area contributed by atoms with Crippen molar-refractivity contribution in [2.45, 2.75) is 93.9 Å². The number of anilines is 5. The quantitative estimate of drug-likeness (QED) is 0.165. The van der Waals surface area contributed by atoms with E-state index in [0.717, 1.165) is 16.7 Å². The Balaban J connectivity index is 1.32. The molecule has 0 saturated heterocycles. The molecule has 8 aromatic rings. The second-order valence-corrected chi connectivity index (χ2v) is 20.3. The van der Waals surface area contributed by atoms with Crippen LogP contribution in [0.3, 0.4) is 0 Å². The molecule has 0 aliphatic carbocycles.